The van der Waals surface area contributed by atoms with Crippen LogP contribution < -0.4 is 5.32 Å². The van der Waals surface area contributed by atoms with Gasteiger partial charge in [0.1, 0.15) is 0 Å². The van der Waals surface area contributed by atoms with Crippen molar-refractivity contribution in [3.8, 4) is 0 Å². The van der Waals surface area contributed by atoms with Crippen molar-refractivity contribution in [2.24, 2.45) is 4.99 Å². The van der Waals surface area contributed by atoms with Gasteiger partial charge in [-0.25, -0.2) is 4.99 Å². The summed E-state index contributed by atoms with van der Waals surface area (Å²) >= 11 is 5.98. The maximum Gasteiger partial charge on any atom is 0.176 e. The molecule has 1 fully saturated rings. The third kappa shape index (κ3) is 3.94. The molecular weight excluding hydrogens is 334 g/mol. The molecule has 1 aromatic heterocycles. The summed E-state index contributed by atoms with van der Waals surface area (Å²) in [6.07, 6.45) is 5.43. The second-order valence-corrected chi connectivity index (χ2v) is 7.54. The minimum absolute atomic E-state index is 0.296. The van der Waals surface area contributed by atoms with Gasteiger partial charge in [0.25, 0.3) is 0 Å². The fourth-order valence-corrected chi connectivity index (χ4v) is 3.94. The average Bonchev–Trinajstić information content (AvgIpc) is 2.98. The third-order valence-electron chi connectivity index (χ3n) is 5.13. The average molecular weight is 358 g/mol. The molecule has 4 rings (SSSR count). The molecule has 2 atom stereocenters. The highest BCUT2D eigenvalue weighted by Gasteiger charge is 2.25. The van der Waals surface area contributed by atoms with Crippen LogP contribution in [0.4, 0.5) is 5.82 Å². The van der Waals surface area contributed by atoms with E-state index in [4.69, 9.17) is 11.6 Å². The van der Waals surface area contributed by atoms with Crippen LogP contribution >= 0.6 is 11.6 Å². The van der Waals surface area contributed by atoms with E-state index in [0.717, 1.165) is 42.6 Å². The van der Waals surface area contributed by atoms with Crippen molar-refractivity contribution in [1.82, 2.24) is 20.4 Å². The lowest BCUT2D eigenvalue weighted by atomic mass is 10.00. The zero-order chi connectivity index (χ0) is 17.2. The van der Waals surface area contributed by atoms with Gasteiger partial charge < -0.3 is 5.32 Å². The van der Waals surface area contributed by atoms with E-state index in [1.807, 2.05) is 18.3 Å². The highest BCUT2D eigenvalue weighted by Crippen LogP contribution is 2.24. The van der Waals surface area contributed by atoms with Gasteiger partial charge in [-0.2, -0.15) is 5.10 Å². The van der Waals surface area contributed by atoms with Crippen molar-refractivity contribution >= 4 is 23.6 Å². The van der Waals surface area contributed by atoms with Crippen LogP contribution in [0.3, 0.4) is 0 Å². The number of halogens is 1. The number of rotatable bonds is 4. The van der Waals surface area contributed by atoms with Crippen molar-refractivity contribution in [2.45, 2.75) is 44.8 Å². The normalized spacial score (nSPS) is 23.6. The first kappa shape index (κ1) is 16.8. The highest BCUT2D eigenvalue weighted by atomic mass is 35.5. The third-order valence-corrected chi connectivity index (χ3v) is 5.38. The molecule has 0 aliphatic carbocycles. The van der Waals surface area contributed by atoms with Crippen molar-refractivity contribution in [2.75, 3.05) is 13.1 Å². The molecule has 1 saturated heterocycles. The molecule has 0 saturated carbocycles. The summed E-state index contributed by atoms with van der Waals surface area (Å²) in [6.45, 7) is 5.28. The molecule has 2 aromatic rings. The van der Waals surface area contributed by atoms with Crippen molar-refractivity contribution in [1.29, 1.82) is 0 Å². The van der Waals surface area contributed by atoms with Gasteiger partial charge in [-0.3, -0.25) is 10.00 Å². The lowest BCUT2D eigenvalue weighted by Crippen LogP contribution is -2.50. The summed E-state index contributed by atoms with van der Waals surface area (Å²) in [6, 6.07) is 8.99. The Bertz CT molecular complexity index is 752. The van der Waals surface area contributed by atoms with Gasteiger partial charge in [0.2, 0.25) is 0 Å². The summed E-state index contributed by atoms with van der Waals surface area (Å²) in [7, 11) is 0. The van der Waals surface area contributed by atoms with Gasteiger partial charge in [-0.05, 0) is 50.4 Å². The van der Waals surface area contributed by atoms with Gasteiger partial charge >= 0.3 is 0 Å². The van der Waals surface area contributed by atoms with Crippen LogP contribution in [0.1, 0.15) is 29.7 Å². The smallest absolute Gasteiger partial charge is 0.176 e. The molecule has 0 amide bonds. The maximum absolute atomic E-state index is 5.98. The van der Waals surface area contributed by atoms with Gasteiger partial charge in [-0.15, -0.1) is 0 Å². The van der Waals surface area contributed by atoms with E-state index in [9.17, 15) is 0 Å². The maximum atomic E-state index is 5.98. The second-order valence-electron chi connectivity index (χ2n) is 7.11. The van der Waals surface area contributed by atoms with Crippen LogP contribution in [0.25, 0.3) is 0 Å². The minimum Gasteiger partial charge on any atom is -0.305 e. The SMILES string of the molecule is Cc1[nH]nc2c1CC(NC1CCCN(Cc3ccc(Cl)cc3)C1)C=N2. The molecule has 2 aliphatic rings. The predicted molar refractivity (Wildman–Crippen MR) is 102 cm³/mol. The first-order valence-corrected chi connectivity index (χ1v) is 9.36. The first-order chi connectivity index (χ1) is 12.2. The standard InChI is InChI=1S/C19H24ClN5/c1-13-18-9-17(10-21-19(18)24-23-13)22-16-3-2-8-25(12-16)11-14-4-6-15(20)7-5-14/h4-7,10,16-17,22H,2-3,8-9,11-12H2,1H3,(H,23,24). The van der Waals surface area contributed by atoms with Crippen LogP contribution in [-0.2, 0) is 13.0 Å². The van der Waals surface area contributed by atoms with Crippen molar-refractivity contribution < 1.29 is 0 Å². The van der Waals surface area contributed by atoms with E-state index in [2.05, 4.69) is 44.5 Å². The minimum atomic E-state index is 0.296. The molecule has 3 heterocycles. The summed E-state index contributed by atoms with van der Waals surface area (Å²) < 4.78 is 0. The lowest BCUT2D eigenvalue weighted by Gasteiger charge is -2.35. The Hall–Kier alpha value is -1.69. The quantitative estimate of drug-likeness (QED) is 0.883. The molecule has 0 bridgehead atoms. The summed E-state index contributed by atoms with van der Waals surface area (Å²) in [5.41, 5.74) is 3.70. The van der Waals surface area contributed by atoms with Crippen LogP contribution in [0.5, 0.6) is 0 Å². The molecule has 132 valence electrons. The number of aryl methyl sites for hydroxylation is 1. The topological polar surface area (TPSA) is 56.3 Å². The number of hydrogen-bond acceptors (Lipinski definition) is 4. The Kier molecular flexibility index (Phi) is 4.88. The zero-order valence-electron chi connectivity index (χ0n) is 14.5. The van der Waals surface area contributed by atoms with E-state index in [-0.39, 0.29) is 0 Å². The Labute approximate surface area is 153 Å². The number of aromatic nitrogens is 2. The van der Waals surface area contributed by atoms with E-state index < -0.39 is 0 Å². The van der Waals surface area contributed by atoms with E-state index in [1.165, 1.54) is 24.0 Å². The molecule has 0 spiro atoms. The van der Waals surface area contributed by atoms with Gasteiger partial charge in [-0.1, -0.05) is 23.7 Å². The summed E-state index contributed by atoms with van der Waals surface area (Å²) in [5, 5.41) is 11.9. The molecular formula is C19H24ClN5. The fraction of sp³-hybridized carbons (Fsp3) is 0.474. The molecule has 1 aromatic carbocycles. The number of nitrogens with zero attached hydrogens (tertiary/aromatic N) is 3. The number of fused-ring (bicyclic) bond motifs is 1. The lowest BCUT2D eigenvalue weighted by molar-refractivity contribution is 0.180. The number of hydrogen-bond donors (Lipinski definition) is 2. The van der Waals surface area contributed by atoms with E-state index in [0.29, 0.717) is 12.1 Å². The number of likely N-dealkylation sites (tertiary alicyclic amines) is 1. The number of H-pyrrole nitrogens is 1. The Morgan fingerprint density at radius 3 is 3.00 bits per heavy atom. The Balaban J connectivity index is 1.34. The number of aliphatic imine (C=N–C) groups is 1. The molecule has 2 N–H and O–H groups in total. The van der Waals surface area contributed by atoms with Crippen LogP contribution in [0.2, 0.25) is 5.02 Å². The number of nitrogens with one attached hydrogen (secondary N) is 2. The van der Waals surface area contributed by atoms with Crippen LogP contribution in [0, 0.1) is 6.92 Å². The summed E-state index contributed by atoms with van der Waals surface area (Å²) in [4.78, 5) is 7.03. The zero-order valence-corrected chi connectivity index (χ0v) is 15.3. The van der Waals surface area contributed by atoms with Crippen LogP contribution in [0.15, 0.2) is 29.3 Å². The van der Waals surface area contributed by atoms with E-state index in [1.54, 1.807) is 0 Å². The molecule has 2 unspecified atom stereocenters. The first-order valence-electron chi connectivity index (χ1n) is 8.98. The second kappa shape index (κ2) is 7.28. The molecule has 0 radical (unpaired) electrons. The number of piperidine rings is 1. The van der Waals surface area contributed by atoms with Gasteiger partial charge in [0.15, 0.2) is 5.82 Å². The van der Waals surface area contributed by atoms with Gasteiger partial charge in [0.05, 0.1) is 0 Å². The monoisotopic (exact) mass is 357 g/mol. The largest absolute Gasteiger partial charge is 0.305 e. The van der Waals surface area contributed by atoms with Crippen molar-refractivity contribution in [3.05, 3.63) is 46.1 Å². The fourth-order valence-electron chi connectivity index (χ4n) is 3.81. The number of aromatic amines is 1. The predicted octanol–water partition coefficient (Wildman–Crippen LogP) is 3.25. The number of benzene rings is 1. The summed E-state index contributed by atoms with van der Waals surface area (Å²) in [5.74, 6) is 0.851. The van der Waals surface area contributed by atoms with Gasteiger partial charge in [0, 0.05) is 47.7 Å². The molecule has 2 aliphatic heterocycles. The molecule has 25 heavy (non-hydrogen) atoms. The Morgan fingerprint density at radius 2 is 2.16 bits per heavy atom. The molecule has 6 heteroatoms. The van der Waals surface area contributed by atoms with Crippen LogP contribution in [-0.4, -0.2) is 46.5 Å². The molecule has 5 nitrogen and oxygen atoms in total. The van der Waals surface area contributed by atoms with E-state index >= 15 is 0 Å². The highest BCUT2D eigenvalue weighted by molar-refractivity contribution is 6.30. The van der Waals surface area contributed by atoms with Crippen molar-refractivity contribution in [3.63, 3.8) is 0 Å². The Morgan fingerprint density at radius 1 is 1.32 bits per heavy atom.